The normalized spacial score (nSPS) is 37.2. The summed E-state index contributed by atoms with van der Waals surface area (Å²) in [6, 6.07) is 1.51. The molecule has 0 aromatic rings. The molecule has 0 aromatic heterocycles. The predicted molar refractivity (Wildman–Crippen MR) is 73.3 cm³/mol. The maximum atomic E-state index is 3.55. The van der Waals surface area contributed by atoms with E-state index in [2.05, 4.69) is 36.1 Å². The first-order chi connectivity index (χ1) is 8.24. The third-order valence-electron chi connectivity index (χ3n) is 4.88. The molecule has 100 valence electrons. The molecule has 1 N–H and O–H groups in total. The van der Waals surface area contributed by atoms with Crippen LogP contribution in [0, 0.1) is 5.92 Å². The molecule has 2 aliphatic rings. The van der Waals surface area contributed by atoms with Crippen LogP contribution in [-0.2, 0) is 0 Å². The summed E-state index contributed by atoms with van der Waals surface area (Å²) >= 11 is 0. The molecule has 3 unspecified atom stereocenters. The fourth-order valence-corrected chi connectivity index (χ4v) is 3.50. The van der Waals surface area contributed by atoms with Crippen LogP contribution in [0.3, 0.4) is 0 Å². The van der Waals surface area contributed by atoms with Gasteiger partial charge in [0.15, 0.2) is 0 Å². The molecule has 0 amide bonds. The van der Waals surface area contributed by atoms with Crippen LogP contribution in [-0.4, -0.2) is 62.2 Å². The lowest BCUT2D eigenvalue weighted by Crippen LogP contribution is -2.57. The van der Waals surface area contributed by atoms with Crippen molar-refractivity contribution in [3.8, 4) is 0 Å². The molecule has 3 heteroatoms. The lowest BCUT2D eigenvalue weighted by Gasteiger charge is -2.45. The fourth-order valence-electron chi connectivity index (χ4n) is 3.50. The third kappa shape index (κ3) is 3.21. The molecule has 0 radical (unpaired) electrons. The third-order valence-corrected chi connectivity index (χ3v) is 4.88. The zero-order valence-corrected chi connectivity index (χ0v) is 11.8. The van der Waals surface area contributed by atoms with Crippen LogP contribution in [0.25, 0.3) is 0 Å². The topological polar surface area (TPSA) is 18.5 Å². The van der Waals surface area contributed by atoms with Gasteiger partial charge in [-0.15, -0.1) is 0 Å². The van der Waals surface area contributed by atoms with E-state index in [0.717, 1.165) is 18.0 Å². The Bertz CT molecular complexity index is 224. The zero-order chi connectivity index (χ0) is 12.3. The largest absolute Gasteiger partial charge is 0.315 e. The summed E-state index contributed by atoms with van der Waals surface area (Å²) in [6.07, 6.45) is 5.56. The Labute approximate surface area is 107 Å². The van der Waals surface area contributed by atoms with Crippen LogP contribution in [0.2, 0.25) is 0 Å². The van der Waals surface area contributed by atoms with E-state index in [-0.39, 0.29) is 0 Å². The molecule has 1 saturated carbocycles. The fraction of sp³-hybridized carbons (Fsp3) is 1.00. The minimum atomic E-state index is 0.723. The van der Waals surface area contributed by atoms with Gasteiger partial charge >= 0.3 is 0 Å². The SMILES string of the molecule is CCC1CCC(NC)C(N2CCN(C)CC2)C1. The molecular formula is C14H29N3. The smallest absolute Gasteiger partial charge is 0.0252 e. The first-order valence-corrected chi connectivity index (χ1v) is 7.34. The van der Waals surface area contributed by atoms with E-state index < -0.39 is 0 Å². The molecule has 0 aromatic carbocycles. The Morgan fingerprint density at radius 2 is 1.82 bits per heavy atom. The van der Waals surface area contributed by atoms with E-state index in [1.54, 1.807) is 0 Å². The van der Waals surface area contributed by atoms with Crippen LogP contribution in [0.5, 0.6) is 0 Å². The average molecular weight is 239 g/mol. The summed E-state index contributed by atoms with van der Waals surface area (Å²) in [7, 11) is 4.38. The highest BCUT2D eigenvalue weighted by atomic mass is 15.3. The van der Waals surface area contributed by atoms with Crippen molar-refractivity contribution in [2.24, 2.45) is 5.92 Å². The highest BCUT2D eigenvalue weighted by Gasteiger charge is 2.33. The number of piperazine rings is 1. The molecule has 1 aliphatic carbocycles. The number of likely N-dealkylation sites (N-methyl/N-ethyl adjacent to an activating group) is 2. The van der Waals surface area contributed by atoms with Gasteiger partial charge in [0, 0.05) is 38.3 Å². The van der Waals surface area contributed by atoms with E-state index >= 15 is 0 Å². The molecule has 3 nitrogen and oxygen atoms in total. The Hall–Kier alpha value is -0.120. The van der Waals surface area contributed by atoms with Crippen molar-refractivity contribution in [2.75, 3.05) is 40.3 Å². The van der Waals surface area contributed by atoms with Gasteiger partial charge in [0.25, 0.3) is 0 Å². The molecule has 0 spiro atoms. The summed E-state index contributed by atoms with van der Waals surface area (Å²) in [5.41, 5.74) is 0. The lowest BCUT2D eigenvalue weighted by molar-refractivity contribution is 0.0570. The van der Waals surface area contributed by atoms with E-state index in [1.165, 1.54) is 51.9 Å². The molecule has 17 heavy (non-hydrogen) atoms. The van der Waals surface area contributed by atoms with Crippen LogP contribution in [0.1, 0.15) is 32.6 Å². The summed E-state index contributed by atoms with van der Waals surface area (Å²) in [5, 5.41) is 3.55. The van der Waals surface area contributed by atoms with E-state index in [4.69, 9.17) is 0 Å². The maximum Gasteiger partial charge on any atom is 0.0252 e. The van der Waals surface area contributed by atoms with E-state index in [9.17, 15) is 0 Å². The Morgan fingerprint density at radius 1 is 1.12 bits per heavy atom. The molecule has 1 aliphatic heterocycles. The van der Waals surface area contributed by atoms with Gasteiger partial charge in [0.1, 0.15) is 0 Å². The number of nitrogens with one attached hydrogen (secondary N) is 1. The summed E-state index contributed by atoms with van der Waals surface area (Å²) < 4.78 is 0. The van der Waals surface area contributed by atoms with Crippen LogP contribution in [0.4, 0.5) is 0 Å². The Balaban J connectivity index is 1.94. The Morgan fingerprint density at radius 3 is 2.41 bits per heavy atom. The van der Waals surface area contributed by atoms with E-state index in [1.807, 2.05) is 0 Å². The molecule has 2 fully saturated rings. The van der Waals surface area contributed by atoms with Gasteiger partial charge in [0.05, 0.1) is 0 Å². The van der Waals surface area contributed by atoms with Gasteiger partial charge in [-0.2, -0.15) is 0 Å². The van der Waals surface area contributed by atoms with Gasteiger partial charge in [-0.25, -0.2) is 0 Å². The molecule has 1 heterocycles. The highest BCUT2D eigenvalue weighted by Crippen LogP contribution is 2.30. The average Bonchev–Trinajstić information content (AvgIpc) is 2.39. The molecule has 1 saturated heterocycles. The van der Waals surface area contributed by atoms with Gasteiger partial charge in [-0.1, -0.05) is 13.3 Å². The van der Waals surface area contributed by atoms with Gasteiger partial charge in [-0.3, -0.25) is 4.90 Å². The predicted octanol–water partition coefficient (Wildman–Crippen LogP) is 1.40. The number of hydrogen-bond acceptors (Lipinski definition) is 3. The van der Waals surface area contributed by atoms with E-state index in [0.29, 0.717) is 0 Å². The molecule has 2 rings (SSSR count). The number of hydrogen-bond donors (Lipinski definition) is 1. The van der Waals surface area contributed by atoms with Gasteiger partial charge < -0.3 is 10.2 Å². The second kappa shape index (κ2) is 6.17. The number of rotatable bonds is 3. The monoisotopic (exact) mass is 239 g/mol. The van der Waals surface area contributed by atoms with Crippen LogP contribution in [0.15, 0.2) is 0 Å². The van der Waals surface area contributed by atoms with Crippen LogP contribution < -0.4 is 5.32 Å². The van der Waals surface area contributed by atoms with Crippen molar-refractivity contribution in [3.63, 3.8) is 0 Å². The van der Waals surface area contributed by atoms with Gasteiger partial charge in [0.2, 0.25) is 0 Å². The first-order valence-electron chi connectivity index (χ1n) is 7.34. The molecule has 0 bridgehead atoms. The zero-order valence-electron chi connectivity index (χ0n) is 11.8. The quantitative estimate of drug-likeness (QED) is 0.803. The Kier molecular flexibility index (Phi) is 4.83. The standard InChI is InChI=1S/C14H29N3/c1-4-12-5-6-13(15-2)14(11-12)17-9-7-16(3)8-10-17/h12-15H,4-11H2,1-3H3. The molecule has 3 atom stereocenters. The minimum absolute atomic E-state index is 0.723. The van der Waals surface area contributed by atoms with Crippen LogP contribution >= 0.6 is 0 Å². The maximum absolute atomic E-state index is 3.55. The first kappa shape index (κ1) is 13.3. The summed E-state index contributed by atoms with van der Waals surface area (Å²) in [5.74, 6) is 0.962. The summed E-state index contributed by atoms with van der Waals surface area (Å²) in [4.78, 5) is 5.19. The van der Waals surface area contributed by atoms with Crippen molar-refractivity contribution in [1.29, 1.82) is 0 Å². The molecular weight excluding hydrogens is 210 g/mol. The minimum Gasteiger partial charge on any atom is -0.315 e. The highest BCUT2D eigenvalue weighted by molar-refractivity contribution is 4.91. The second-order valence-corrected chi connectivity index (χ2v) is 5.89. The van der Waals surface area contributed by atoms with Crippen molar-refractivity contribution in [3.05, 3.63) is 0 Å². The van der Waals surface area contributed by atoms with Crippen molar-refractivity contribution >= 4 is 0 Å². The van der Waals surface area contributed by atoms with Crippen molar-refractivity contribution in [2.45, 2.75) is 44.7 Å². The lowest BCUT2D eigenvalue weighted by atomic mass is 9.80. The number of nitrogens with zero attached hydrogens (tertiary/aromatic N) is 2. The summed E-state index contributed by atoms with van der Waals surface area (Å²) in [6.45, 7) is 7.35. The van der Waals surface area contributed by atoms with Gasteiger partial charge in [-0.05, 0) is 39.3 Å². The second-order valence-electron chi connectivity index (χ2n) is 5.89. The van der Waals surface area contributed by atoms with Crippen molar-refractivity contribution in [1.82, 2.24) is 15.1 Å². The van der Waals surface area contributed by atoms with Crippen molar-refractivity contribution < 1.29 is 0 Å².